The Hall–Kier alpha value is -4.60. The van der Waals surface area contributed by atoms with E-state index in [9.17, 15) is 23.6 Å². The molecule has 2 heterocycles. The number of carbonyl (C=O) groups excluding carboxylic acids is 3. The molecular weight excluding hydrogens is 445 g/mol. The van der Waals surface area contributed by atoms with Gasteiger partial charge in [-0.05, 0) is 42.0 Å². The van der Waals surface area contributed by atoms with Crippen molar-refractivity contribution in [1.82, 2.24) is 4.98 Å². The minimum absolute atomic E-state index is 0.0165. The minimum Gasteiger partial charge on any atom is -0.481 e. The Morgan fingerprint density at radius 2 is 1.85 bits per heavy atom. The van der Waals surface area contributed by atoms with E-state index in [2.05, 4.69) is 4.98 Å². The molecule has 0 spiro atoms. The van der Waals surface area contributed by atoms with Crippen molar-refractivity contribution in [3.63, 3.8) is 0 Å². The summed E-state index contributed by atoms with van der Waals surface area (Å²) in [4.78, 5) is 50.9. The van der Waals surface area contributed by atoms with E-state index in [1.807, 2.05) is 0 Å². The number of nitrogens with zero attached hydrogens (tertiary/aromatic N) is 2. The third-order valence-corrected chi connectivity index (χ3v) is 4.91. The van der Waals surface area contributed by atoms with Crippen molar-refractivity contribution < 1.29 is 33.4 Å². The Bertz CT molecular complexity index is 1260. The van der Waals surface area contributed by atoms with Crippen LogP contribution in [0.4, 0.5) is 10.1 Å². The molecule has 0 radical (unpaired) electrons. The van der Waals surface area contributed by atoms with Gasteiger partial charge >= 0.3 is 5.97 Å². The molecule has 3 aromatic rings. The van der Waals surface area contributed by atoms with Crippen LogP contribution in [-0.4, -0.2) is 40.8 Å². The fraction of sp³-hybridized carbons (Fsp3) is 0.125. The lowest BCUT2D eigenvalue weighted by Crippen LogP contribution is -2.37. The first-order chi connectivity index (χ1) is 16.2. The van der Waals surface area contributed by atoms with E-state index in [4.69, 9.17) is 15.6 Å². The number of benzene rings is 2. The van der Waals surface area contributed by atoms with Gasteiger partial charge in [0, 0.05) is 17.8 Å². The van der Waals surface area contributed by atoms with Crippen molar-refractivity contribution in [2.24, 2.45) is 5.73 Å². The maximum absolute atomic E-state index is 13.3. The standard InChI is InChI=1S/C17H12FNO4.C7H8N2O2/c18-12-3-1-2-10(6-12)9-19-14-5-4-11(17(22)23)7-13(14)15(20)8-16(19)21;1-11-6-3-2-5(4-9-6)7(8)10/h1-7H,8-9H2,(H,22,23);2-4H,1H3,(H2,8,10). The van der Waals surface area contributed by atoms with Gasteiger partial charge in [0.1, 0.15) is 5.82 Å². The number of methoxy groups -OCH3 is 1. The highest BCUT2D eigenvalue weighted by Crippen LogP contribution is 2.30. The van der Waals surface area contributed by atoms with E-state index in [0.717, 1.165) is 0 Å². The molecule has 0 unspecified atom stereocenters. The van der Waals surface area contributed by atoms with E-state index in [1.165, 1.54) is 48.5 Å². The number of carboxylic acid groups (broad SMARTS) is 1. The number of nitrogens with two attached hydrogens (primary N) is 1. The predicted molar refractivity (Wildman–Crippen MR) is 119 cm³/mol. The number of rotatable bonds is 5. The molecule has 4 rings (SSSR count). The number of Topliss-reactive ketones (excluding diaryl/α,β-unsaturated/α-hetero) is 1. The topological polar surface area (TPSA) is 140 Å². The van der Waals surface area contributed by atoms with Crippen LogP contribution in [0.3, 0.4) is 0 Å². The molecule has 0 saturated heterocycles. The van der Waals surface area contributed by atoms with E-state index in [-0.39, 0.29) is 24.1 Å². The molecule has 0 bridgehead atoms. The SMILES string of the molecule is COc1ccc(C(N)=O)cn1.O=C(O)c1ccc2c(c1)C(=O)CC(=O)N2Cc1cccc(F)c1. The average molecular weight is 465 g/mol. The molecular formula is C24H20FN3O6. The number of ether oxygens (including phenoxy) is 1. The molecule has 34 heavy (non-hydrogen) atoms. The highest BCUT2D eigenvalue weighted by molar-refractivity contribution is 6.20. The number of ketones is 1. The number of carboxylic acids is 1. The van der Waals surface area contributed by atoms with Gasteiger partial charge in [-0.15, -0.1) is 0 Å². The summed E-state index contributed by atoms with van der Waals surface area (Å²) in [6.07, 6.45) is 1.05. The number of hydrogen-bond acceptors (Lipinski definition) is 6. The Labute approximate surface area is 193 Å². The second-order valence-electron chi connectivity index (χ2n) is 7.20. The van der Waals surface area contributed by atoms with Gasteiger partial charge in [-0.25, -0.2) is 14.2 Å². The molecule has 1 aliphatic rings. The van der Waals surface area contributed by atoms with Crippen molar-refractivity contribution in [2.45, 2.75) is 13.0 Å². The molecule has 1 aromatic heterocycles. The summed E-state index contributed by atoms with van der Waals surface area (Å²) in [6.45, 7) is 0.114. The molecule has 1 aliphatic heterocycles. The zero-order valence-corrected chi connectivity index (χ0v) is 18.0. The number of primary amides is 1. The van der Waals surface area contributed by atoms with Crippen LogP contribution in [-0.2, 0) is 11.3 Å². The molecule has 2 aromatic carbocycles. The first-order valence-corrected chi connectivity index (χ1v) is 9.94. The lowest BCUT2D eigenvalue weighted by molar-refractivity contribution is -0.118. The van der Waals surface area contributed by atoms with Crippen molar-refractivity contribution in [2.75, 3.05) is 12.0 Å². The predicted octanol–water partition coefficient (Wildman–Crippen LogP) is 2.83. The fourth-order valence-electron chi connectivity index (χ4n) is 3.23. The number of fused-ring (bicyclic) bond motifs is 1. The molecule has 0 aliphatic carbocycles. The normalized spacial score (nSPS) is 12.4. The Morgan fingerprint density at radius 3 is 2.44 bits per heavy atom. The number of hydrogen-bond donors (Lipinski definition) is 2. The Kier molecular flexibility index (Phi) is 7.32. The quantitative estimate of drug-likeness (QED) is 0.552. The lowest BCUT2D eigenvalue weighted by atomic mass is 9.97. The molecule has 10 heteroatoms. The zero-order valence-electron chi connectivity index (χ0n) is 18.0. The van der Waals surface area contributed by atoms with Crippen LogP contribution in [0.25, 0.3) is 0 Å². The van der Waals surface area contributed by atoms with Crippen molar-refractivity contribution in [3.8, 4) is 5.88 Å². The van der Waals surface area contributed by atoms with Gasteiger partial charge in [0.2, 0.25) is 17.7 Å². The zero-order chi connectivity index (χ0) is 24.8. The second kappa shape index (κ2) is 10.3. The largest absolute Gasteiger partial charge is 0.481 e. The maximum atomic E-state index is 13.3. The number of amides is 2. The van der Waals surface area contributed by atoms with Gasteiger partial charge in [-0.3, -0.25) is 14.4 Å². The van der Waals surface area contributed by atoms with Gasteiger partial charge in [-0.1, -0.05) is 12.1 Å². The Morgan fingerprint density at radius 1 is 1.12 bits per heavy atom. The van der Waals surface area contributed by atoms with Crippen LogP contribution >= 0.6 is 0 Å². The average Bonchev–Trinajstić information content (AvgIpc) is 2.82. The molecule has 0 fully saturated rings. The van der Waals surface area contributed by atoms with Crippen molar-refractivity contribution in [3.05, 3.63) is 88.9 Å². The summed E-state index contributed by atoms with van der Waals surface area (Å²) >= 11 is 0. The summed E-state index contributed by atoms with van der Waals surface area (Å²) in [7, 11) is 1.51. The van der Waals surface area contributed by atoms with E-state index >= 15 is 0 Å². The number of aromatic nitrogens is 1. The molecule has 0 saturated carbocycles. The van der Waals surface area contributed by atoms with E-state index < -0.39 is 29.4 Å². The van der Waals surface area contributed by atoms with Gasteiger partial charge in [0.05, 0.1) is 36.9 Å². The highest BCUT2D eigenvalue weighted by atomic mass is 19.1. The molecule has 174 valence electrons. The van der Waals surface area contributed by atoms with Crippen LogP contribution in [0, 0.1) is 5.82 Å². The smallest absolute Gasteiger partial charge is 0.335 e. The number of halogens is 1. The van der Waals surface area contributed by atoms with E-state index in [0.29, 0.717) is 22.7 Å². The Balaban J connectivity index is 0.000000248. The number of aromatic carboxylic acids is 1. The lowest BCUT2D eigenvalue weighted by Gasteiger charge is -2.29. The summed E-state index contributed by atoms with van der Waals surface area (Å²) < 4.78 is 18.1. The first-order valence-electron chi connectivity index (χ1n) is 9.94. The summed E-state index contributed by atoms with van der Waals surface area (Å²) in [5.74, 6) is -2.38. The molecule has 0 atom stereocenters. The van der Waals surface area contributed by atoms with Crippen LogP contribution in [0.2, 0.25) is 0 Å². The van der Waals surface area contributed by atoms with Crippen LogP contribution in [0.1, 0.15) is 43.1 Å². The van der Waals surface area contributed by atoms with E-state index in [1.54, 1.807) is 24.3 Å². The molecule has 9 nitrogen and oxygen atoms in total. The monoisotopic (exact) mass is 465 g/mol. The fourth-order valence-corrected chi connectivity index (χ4v) is 3.23. The number of carbonyl (C=O) groups is 4. The van der Waals surface area contributed by atoms with Crippen molar-refractivity contribution >= 4 is 29.3 Å². The summed E-state index contributed by atoms with van der Waals surface area (Å²) in [5.41, 5.74) is 6.48. The minimum atomic E-state index is -1.14. The van der Waals surface area contributed by atoms with Gasteiger partial charge in [0.25, 0.3) is 0 Å². The van der Waals surface area contributed by atoms with Crippen molar-refractivity contribution in [1.29, 1.82) is 0 Å². The first kappa shape index (κ1) is 24.1. The summed E-state index contributed by atoms with van der Waals surface area (Å²) in [6, 6.07) is 13.0. The third-order valence-electron chi connectivity index (χ3n) is 4.91. The van der Waals surface area contributed by atoms with Crippen LogP contribution in [0.15, 0.2) is 60.8 Å². The molecule has 2 amide bonds. The van der Waals surface area contributed by atoms with Gasteiger partial charge in [-0.2, -0.15) is 0 Å². The van der Waals surface area contributed by atoms with Crippen LogP contribution < -0.4 is 15.4 Å². The number of anilines is 1. The van der Waals surface area contributed by atoms with Gasteiger partial charge < -0.3 is 20.5 Å². The highest BCUT2D eigenvalue weighted by Gasteiger charge is 2.30. The maximum Gasteiger partial charge on any atom is 0.335 e. The molecule has 3 N–H and O–H groups in total. The van der Waals surface area contributed by atoms with Crippen LogP contribution in [0.5, 0.6) is 5.88 Å². The number of pyridine rings is 1. The third kappa shape index (κ3) is 5.60. The second-order valence-corrected chi connectivity index (χ2v) is 7.20. The van der Waals surface area contributed by atoms with Gasteiger partial charge in [0.15, 0.2) is 5.78 Å². The summed E-state index contributed by atoms with van der Waals surface area (Å²) in [5, 5.41) is 9.02.